The highest BCUT2D eigenvalue weighted by molar-refractivity contribution is 6.74. The highest BCUT2D eigenvalue weighted by Gasteiger charge is 2.44. The molecule has 0 aromatic heterocycles. The molecule has 0 saturated carbocycles. The van der Waals surface area contributed by atoms with Gasteiger partial charge in [0.2, 0.25) is 6.29 Å². The molecule has 0 amide bonds. The van der Waals surface area contributed by atoms with Crippen molar-refractivity contribution in [3.8, 4) is 0 Å². The summed E-state index contributed by atoms with van der Waals surface area (Å²) in [6.45, 7) is 24.5. The first-order chi connectivity index (χ1) is 11.5. The molecule has 0 aromatic carbocycles. The van der Waals surface area contributed by atoms with E-state index >= 15 is 0 Å². The fourth-order valence-electron chi connectivity index (χ4n) is 2.02. The smallest absolute Gasteiger partial charge is 0.218 e. The number of carbonyl (C=O) groups excluding carboxylic acids is 1. The predicted octanol–water partition coefficient (Wildman–Crippen LogP) is 4.73. The highest BCUT2D eigenvalue weighted by atomic mass is 28.4. The fourth-order valence-corrected chi connectivity index (χ4v) is 4.05. The molecule has 2 atom stereocenters. The van der Waals surface area contributed by atoms with Crippen LogP contribution in [-0.4, -0.2) is 54.1 Å². The molecule has 0 N–H and O–H groups in total. The van der Waals surface area contributed by atoms with Crippen molar-refractivity contribution in [3.63, 3.8) is 0 Å². The number of hydrogen-bond donors (Lipinski definition) is 0. The lowest BCUT2D eigenvalue weighted by atomic mass is 10.2. The second-order valence-electron chi connectivity index (χ2n) is 10.4. The van der Waals surface area contributed by atoms with Gasteiger partial charge in [-0.25, -0.2) is 0 Å². The van der Waals surface area contributed by atoms with Crippen LogP contribution in [0.15, 0.2) is 0 Å². The summed E-state index contributed by atoms with van der Waals surface area (Å²) in [4.78, 5) is 11.7. The Morgan fingerprint density at radius 2 is 1.12 bits per heavy atom. The van der Waals surface area contributed by atoms with Crippen LogP contribution < -0.4 is 0 Å². The summed E-state index contributed by atoms with van der Waals surface area (Å²) in [5.41, 5.74) is 0. The van der Waals surface area contributed by atoms with E-state index in [0.717, 1.165) is 0 Å². The van der Waals surface area contributed by atoms with Gasteiger partial charge in [-0.2, -0.15) is 0 Å². The monoisotopic (exact) mass is 404 g/mol. The Labute approximate surface area is 162 Å². The van der Waals surface area contributed by atoms with Crippen LogP contribution in [-0.2, 0) is 23.1 Å². The maximum absolute atomic E-state index is 11.7. The molecular formula is C19H40O5Si2. The number of Topliss-reactive ketones (excluding diaryl/α,β-unsaturated/α-hetero) is 1. The molecule has 1 aliphatic rings. The average Bonchev–Trinajstić information content (AvgIpc) is 2.84. The van der Waals surface area contributed by atoms with E-state index in [9.17, 15) is 4.79 Å². The first-order valence-corrected chi connectivity index (χ1v) is 15.4. The van der Waals surface area contributed by atoms with Gasteiger partial charge >= 0.3 is 0 Å². The van der Waals surface area contributed by atoms with Crippen LogP contribution in [0.3, 0.4) is 0 Å². The molecule has 0 unspecified atom stereocenters. The van der Waals surface area contributed by atoms with Crippen molar-refractivity contribution in [1.29, 1.82) is 0 Å². The molecule has 5 nitrogen and oxygen atoms in total. The molecule has 7 heteroatoms. The van der Waals surface area contributed by atoms with Gasteiger partial charge in [0, 0.05) is 0 Å². The number of carbonyl (C=O) groups is 1. The van der Waals surface area contributed by atoms with Crippen molar-refractivity contribution < 1.29 is 23.1 Å². The summed E-state index contributed by atoms with van der Waals surface area (Å²) in [6.07, 6.45) is -1.36. The van der Waals surface area contributed by atoms with Gasteiger partial charge in [-0.15, -0.1) is 0 Å². The number of hydrogen-bond acceptors (Lipinski definition) is 5. The standard InChI is InChI=1S/C19H40O5Si2/c1-14(20)17-23-15(12-21-25(8,9)18(2,3)4)16(24-17)13-22-26(10,11)19(5,6)7/h15-17H,12-13H2,1-11H3/t15-,16-/m1/s1. The van der Waals surface area contributed by atoms with Gasteiger partial charge in [0.25, 0.3) is 0 Å². The van der Waals surface area contributed by atoms with Crippen molar-refractivity contribution in [2.24, 2.45) is 0 Å². The summed E-state index contributed by atoms with van der Waals surface area (Å²) < 4.78 is 24.3. The third-order valence-corrected chi connectivity index (χ3v) is 15.2. The quantitative estimate of drug-likeness (QED) is 0.574. The molecule has 0 radical (unpaired) electrons. The summed E-state index contributed by atoms with van der Waals surface area (Å²) in [5.74, 6) is -0.114. The van der Waals surface area contributed by atoms with Gasteiger partial charge < -0.3 is 18.3 Å². The van der Waals surface area contributed by atoms with Crippen LogP contribution in [0, 0.1) is 0 Å². The largest absolute Gasteiger partial charge is 0.414 e. The van der Waals surface area contributed by atoms with Crippen LogP contribution in [0.4, 0.5) is 0 Å². The lowest BCUT2D eigenvalue weighted by molar-refractivity contribution is -0.146. The molecule has 154 valence electrons. The van der Waals surface area contributed by atoms with E-state index in [1.807, 2.05) is 0 Å². The Kier molecular flexibility index (Phi) is 7.50. The molecule has 0 spiro atoms. The Hall–Kier alpha value is -0.0562. The van der Waals surface area contributed by atoms with Crippen LogP contribution in [0.1, 0.15) is 48.5 Å². The minimum Gasteiger partial charge on any atom is -0.414 e. The van der Waals surface area contributed by atoms with Crippen molar-refractivity contribution >= 4 is 22.4 Å². The minimum atomic E-state index is -1.89. The summed E-state index contributed by atoms with van der Waals surface area (Å²) >= 11 is 0. The zero-order valence-corrected chi connectivity index (χ0v) is 20.7. The van der Waals surface area contributed by atoms with Crippen molar-refractivity contribution in [1.82, 2.24) is 0 Å². The van der Waals surface area contributed by atoms with Crippen molar-refractivity contribution in [3.05, 3.63) is 0 Å². The third kappa shape index (κ3) is 5.97. The zero-order chi connectivity index (χ0) is 20.6. The van der Waals surface area contributed by atoms with Crippen LogP contribution in [0.2, 0.25) is 36.3 Å². The molecule has 0 bridgehead atoms. The lowest BCUT2D eigenvalue weighted by Crippen LogP contribution is -2.46. The summed E-state index contributed by atoms with van der Waals surface area (Å²) in [7, 11) is -3.79. The van der Waals surface area contributed by atoms with E-state index in [-0.39, 0.29) is 28.1 Å². The van der Waals surface area contributed by atoms with E-state index in [2.05, 4.69) is 67.7 Å². The van der Waals surface area contributed by atoms with Gasteiger partial charge in [-0.3, -0.25) is 4.79 Å². The van der Waals surface area contributed by atoms with Crippen molar-refractivity contribution in [2.75, 3.05) is 13.2 Å². The second kappa shape index (κ2) is 8.13. The maximum Gasteiger partial charge on any atom is 0.218 e. The van der Waals surface area contributed by atoms with Gasteiger partial charge in [-0.05, 0) is 43.2 Å². The Balaban J connectivity index is 2.79. The Bertz CT molecular complexity index is 453. The molecule has 1 rings (SSSR count). The van der Waals surface area contributed by atoms with Crippen LogP contribution in [0.25, 0.3) is 0 Å². The van der Waals surface area contributed by atoms with Gasteiger partial charge in [0.05, 0.1) is 13.2 Å². The minimum absolute atomic E-state index is 0.114. The first kappa shape index (κ1) is 24.0. The average molecular weight is 405 g/mol. The fraction of sp³-hybridized carbons (Fsp3) is 0.947. The van der Waals surface area contributed by atoms with Gasteiger partial charge in [0.1, 0.15) is 12.2 Å². The van der Waals surface area contributed by atoms with Gasteiger partial charge in [0.15, 0.2) is 22.4 Å². The predicted molar refractivity (Wildman–Crippen MR) is 111 cm³/mol. The van der Waals surface area contributed by atoms with Crippen LogP contribution in [0.5, 0.6) is 0 Å². The van der Waals surface area contributed by atoms with E-state index in [1.165, 1.54) is 6.92 Å². The molecule has 1 fully saturated rings. The molecule has 1 saturated heterocycles. The van der Waals surface area contributed by atoms with Crippen molar-refractivity contribution in [2.45, 2.75) is 103 Å². The molecule has 1 aliphatic heterocycles. The normalized spacial score (nSPS) is 23.5. The van der Waals surface area contributed by atoms with E-state index < -0.39 is 22.9 Å². The molecule has 26 heavy (non-hydrogen) atoms. The second-order valence-corrected chi connectivity index (χ2v) is 20.1. The maximum atomic E-state index is 11.7. The molecule has 0 aliphatic carbocycles. The summed E-state index contributed by atoms with van der Waals surface area (Å²) in [5, 5.41) is 0.249. The summed E-state index contributed by atoms with van der Waals surface area (Å²) in [6, 6.07) is 0. The Morgan fingerprint density at radius 1 is 0.808 bits per heavy atom. The SMILES string of the molecule is CC(=O)C1O[C@H](CO[Si](C)(C)C(C)(C)C)[C@@H](CO[Si](C)(C)C(C)(C)C)O1. The number of ether oxygens (including phenoxy) is 2. The van der Waals surface area contributed by atoms with E-state index in [1.54, 1.807) is 0 Å². The third-order valence-electron chi connectivity index (χ3n) is 6.17. The van der Waals surface area contributed by atoms with E-state index in [4.69, 9.17) is 18.3 Å². The number of ketones is 1. The molecule has 1 heterocycles. The highest BCUT2D eigenvalue weighted by Crippen LogP contribution is 2.38. The van der Waals surface area contributed by atoms with E-state index in [0.29, 0.717) is 13.2 Å². The van der Waals surface area contributed by atoms with Gasteiger partial charge in [-0.1, -0.05) is 41.5 Å². The molecular weight excluding hydrogens is 364 g/mol. The lowest BCUT2D eigenvalue weighted by Gasteiger charge is -2.38. The molecule has 0 aromatic rings. The number of rotatable bonds is 7. The topological polar surface area (TPSA) is 54.0 Å². The van der Waals surface area contributed by atoms with Crippen LogP contribution >= 0.6 is 0 Å². The zero-order valence-electron chi connectivity index (χ0n) is 18.7. The first-order valence-electron chi connectivity index (χ1n) is 9.57. The Morgan fingerprint density at radius 3 is 1.35 bits per heavy atom.